The molecule has 3 rings (SSSR count). The number of hydrogen-bond acceptors (Lipinski definition) is 12. The smallest absolute Gasteiger partial charge is 0.500 e. The van der Waals surface area contributed by atoms with Crippen LogP contribution < -0.4 is 18.9 Å². The summed E-state index contributed by atoms with van der Waals surface area (Å²) >= 11 is 0. The summed E-state index contributed by atoms with van der Waals surface area (Å²) in [6, 6.07) is 18.7. The van der Waals surface area contributed by atoms with Crippen molar-refractivity contribution in [2.75, 3.05) is 53.2 Å². The van der Waals surface area contributed by atoms with Crippen molar-refractivity contribution in [2.45, 2.75) is 79.3 Å². The van der Waals surface area contributed by atoms with Gasteiger partial charge in [0.2, 0.25) is 13.6 Å². The molecular formula is C38H58O12Si2. The predicted molar refractivity (Wildman–Crippen MR) is 202 cm³/mol. The number of ether oxygens (including phenoxy) is 4. The second-order valence-electron chi connectivity index (χ2n) is 11.5. The Hall–Kier alpha value is -3.35. The van der Waals surface area contributed by atoms with Crippen LogP contribution in [0.4, 0.5) is 0 Å². The standard InChI is InChI=1S/C38H58O12Si2/c1-7-45-51(46-8-2,47-9-3)24-14-16-31-26-35(20-22-37(31)39)43-29-41-33-18-13-19-34(28-33)42-30-44-36-21-23-38(40)32(27-36)17-15-25-52(48-10-4,49-11-5)50-12-6/h13,18-23,26-28,39-40H,7-12,14-17,24-25,29-30H2,1-6H3. The van der Waals surface area contributed by atoms with E-state index in [1.807, 2.05) is 59.7 Å². The van der Waals surface area contributed by atoms with E-state index >= 15 is 0 Å². The summed E-state index contributed by atoms with van der Waals surface area (Å²) in [5.74, 6) is 2.65. The zero-order chi connectivity index (χ0) is 37.7. The van der Waals surface area contributed by atoms with Gasteiger partial charge in [-0.1, -0.05) is 6.07 Å². The molecule has 0 aliphatic heterocycles. The van der Waals surface area contributed by atoms with Crippen LogP contribution in [-0.4, -0.2) is 81.0 Å². The Labute approximate surface area is 311 Å². The van der Waals surface area contributed by atoms with Crippen molar-refractivity contribution < 1.29 is 55.7 Å². The maximum absolute atomic E-state index is 10.5. The van der Waals surface area contributed by atoms with Crippen molar-refractivity contribution in [1.82, 2.24) is 0 Å². The highest BCUT2D eigenvalue weighted by Crippen LogP contribution is 2.29. The van der Waals surface area contributed by atoms with Crippen molar-refractivity contribution >= 4 is 17.6 Å². The zero-order valence-corrected chi connectivity index (χ0v) is 33.6. The molecule has 0 unspecified atom stereocenters. The van der Waals surface area contributed by atoms with Gasteiger partial charge in [-0.2, -0.15) is 0 Å². The number of aromatic hydroxyl groups is 2. The molecule has 0 spiro atoms. The van der Waals surface area contributed by atoms with E-state index in [0.717, 1.165) is 24.0 Å². The van der Waals surface area contributed by atoms with Crippen LogP contribution in [-0.2, 0) is 39.4 Å². The van der Waals surface area contributed by atoms with Crippen LogP contribution in [0.1, 0.15) is 65.5 Å². The Morgan fingerprint density at radius 2 is 0.769 bits per heavy atom. The molecule has 0 saturated heterocycles. The lowest BCUT2D eigenvalue weighted by molar-refractivity contribution is 0.0700. The van der Waals surface area contributed by atoms with E-state index in [1.165, 1.54) is 0 Å². The van der Waals surface area contributed by atoms with Gasteiger partial charge in [-0.25, -0.2) is 0 Å². The molecule has 0 radical (unpaired) electrons. The summed E-state index contributed by atoms with van der Waals surface area (Å²) < 4.78 is 59.1. The molecule has 3 aromatic rings. The zero-order valence-electron chi connectivity index (χ0n) is 31.6. The highest BCUT2D eigenvalue weighted by atomic mass is 28.4. The Morgan fingerprint density at radius 1 is 0.442 bits per heavy atom. The predicted octanol–water partition coefficient (Wildman–Crippen LogP) is 7.89. The molecule has 0 fully saturated rings. The summed E-state index contributed by atoms with van der Waals surface area (Å²) in [6.45, 7) is 14.7. The monoisotopic (exact) mass is 762 g/mol. The molecule has 2 N–H and O–H groups in total. The Morgan fingerprint density at radius 3 is 1.10 bits per heavy atom. The molecule has 0 amide bonds. The van der Waals surface area contributed by atoms with Crippen LogP contribution in [0.15, 0.2) is 60.7 Å². The van der Waals surface area contributed by atoms with Gasteiger partial charge in [0.15, 0.2) is 0 Å². The Bertz CT molecular complexity index is 1310. The summed E-state index contributed by atoms with van der Waals surface area (Å²) in [7, 11) is -5.52. The molecule has 3 aromatic carbocycles. The van der Waals surface area contributed by atoms with Crippen molar-refractivity contribution in [3.63, 3.8) is 0 Å². The minimum absolute atomic E-state index is 0.0428. The topological polar surface area (TPSA) is 133 Å². The normalized spacial score (nSPS) is 11.8. The summed E-state index contributed by atoms with van der Waals surface area (Å²) in [6.07, 6.45) is 2.67. The fourth-order valence-corrected chi connectivity index (χ4v) is 10.9. The molecule has 0 saturated carbocycles. The van der Waals surface area contributed by atoms with Gasteiger partial charge in [-0.15, -0.1) is 0 Å². The van der Waals surface area contributed by atoms with E-state index in [9.17, 15) is 10.2 Å². The molecule has 290 valence electrons. The number of benzene rings is 3. The summed E-state index contributed by atoms with van der Waals surface area (Å²) in [4.78, 5) is 0. The minimum Gasteiger partial charge on any atom is -0.508 e. The van der Waals surface area contributed by atoms with Crippen molar-refractivity contribution in [3.8, 4) is 34.5 Å². The van der Waals surface area contributed by atoms with E-state index in [-0.39, 0.29) is 25.1 Å². The lowest BCUT2D eigenvalue weighted by atomic mass is 10.1. The molecule has 52 heavy (non-hydrogen) atoms. The molecule has 0 heterocycles. The van der Waals surface area contributed by atoms with E-state index in [1.54, 1.807) is 42.5 Å². The van der Waals surface area contributed by atoms with E-state index in [2.05, 4.69) is 0 Å². The van der Waals surface area contributed by atoms with Gasteiger partial charge in [-0.3, -0.25) is 0 Å². The van der Waals surface area contributed by atoms with Gasteiger partial charge in [0.25, 0.3) is 0 Å². The third-order valence-electron chi connectivity index (χ3n) is 7.85. The quantitative estimate of drug-likeness (QED) is 0.0551. The fraction of sp³-hybridized carbons (Fsp3) is 0.526. The second-order valence-corrected chi connectivity index (χ2v) is 17.0. The molecule has 0 aromatic heterocycles. The average Bonchev–Trinajstić information content (AvgIpc) is 3.12. The molecule has 0 aliphatic carbocycles. The second kappa shape index (κ2) is 23.3. The first-order valence-electron chi connectivity index (χ1n) is 18.3. The highest BCUT2D eigenvalue weighted by molar-refractivity contribution is 6.61. The van der Waals surface area contributed by atoms with Crippen LogP contribution in [0.25, 0.3) is 0 Å². The summed E-state index contributed by atoms with van der Waals surface area (Å²) in [5.41, 5.74) is 1.52. The first-order valence-corrected chi connectivity index (χ1v) is 22.2. The Balaban J connectivity index is 1.48. The first-order chi connectivity index (χ1) is 25.2. The van der Waals surface area contributed by atoms with Crippen LogP contribution in [0, 0.1) is 0 Å². The van der Waals surface area contributed by atoms with Crippen molar-refractivity contribution in [3.05, 3.63) is 71.8 Å². The van der Waals surface area contributed by atoms with Gasteiger partial charge < -0.3 is 55.7 Å². The lowest BCUT2D eigenvalue weighted by Gasteiger charge is -2.28. The number of hydrogen-bond donors (Lipinski definition) is 2. The van der Waals surface area contributed by atoms with Crippen LogP contribution in [0.3, 0.4) is 0 Å². The number of phenols is 2. The number of aryl methyl sites for hydroxylation is 2. The fourth-order valence-electron chi connectivity index (χ4n) is 5.68. The lowest BCUT2D eigenvalue weighted by Crippen LogP contribution is -2.46. The molecule has 0 aliphatic rings. The average molecular weight is 763 g/mol. The summed E-state index contributed by atoms with van der Waals surface area (Å²) in [5, 5.41) is 20.9. The highest BCUT2D eigenvalue weighted by Gasteiger charge is 2.40. The maximum atomic E-state index is 10.5. The number of phenolic OH excluding ortho intramolecular Hbond substituents is 2. The Kier molecular flexibility index (Phi) is 19.3. The molecule has 0 atom stereocenters. The van der Waals surface area contributed by atoms with Gasteiger partial charge in [0, 0.05) is 57.8 Å². The molecule has 14 heteroatoms. The molecule has 12 nitrogen and oxygen atoms in total. The molecule has 0 bridgehead atoms. The van der Waals surface area contributed by atoms with Gasteiger partial charge in [0.05, 0.1) is 0 Å². The van der Waals surface area contributed by atoms with Crippen LogP contribution >= 0.6 is 0 Å². The van der Waals surface area contributed by atoms with Crippen molar-refractivity contribution in [2.24, 2.45) is 0 Å². The molecular weight excluding hydrogens is 705 g/mol. The van der Waals surface area contributed by atoms with E-state index < -0.39 is 17.6 Å². The SMILES string of the molecule is CCO[Si](CCCc1cc(OCOc2cccc(OCOc3ccc(O)c(CCC[Si](OCC)(OCC)OCC)c3)c2)ccc1O)(OCC)OCC. The van der Waals surface area contributed by atoms with Crippen LogP contribution in [0.5, 0.6) is 34.5 Å². The largest absolute Gasteiger partial charge is 0.508 e. The minimum atomic E-state index is -2.76. The van der Waals surface area contributed by atoms with E-state index in [4.69, 9.17) is 45.5 Å². The van der Waals surface area contributed by atoms with Gasteiger partial charge >= 0.3 is 17.6 Å². The first kappa shape index (κ1) is 43.1. The van der Waals surface area contributed by atoms with E-state index in [0.29, 0.717) is 87.6 Å². The third kappa shape index (κ3) is 14.2. The van der Waals surface area contributed by atoms with Crippen molar-refractivity contribution in [1.29, 1.82) is 0 Å². The van der Waals surface area contributed by atoms with Gasteiger partial charge in [0.1, 0.15) is 34.5 Å². The van der Waals surface area contributed by atoms with Crippen LogP contribution in [0.2, 0.25) is 12.1 Å². The van der Waals surface area contributed by atoms with Gasteiger partial charge in [-0.05, 0) is 127 Å². The third-order valence-corrected chi connectivity index (χ3v) is 14.2. The number of rotatable bonds is 28. The maximum Gasteiger partial charge on any atom is 0.500 e.